The lowest BCUT2D eigenvalue weighted by Gasteiger charge is -2.50. The molecule has 0 bridgehead atoms. The van der Waals surface area contributed by atoms with Crippen molar-refractivity contribution in [1.82, 2.24) is 0 Å². The molecule has 0 aliphatic heterocycles. The molecule has 2 fully saturated rings. The maximum atomic E-state index is 13.4. The summed E-state index contributed by atoms with van der Waals surface area (Å²) >= 11 is 0. The SMILES string of the molecule is CC1=C[C@H]2[C@@]3(O)[C@H](C)C[C@]4(OC(=O)Cc5ccccc5)[C@H]([C@@H]3C=C(CO)C[C@]2(O)C1=O)[C@@]4(C)COCC(C)C. The summed E-state index contributed by atoms with van der Waals surface area (Å²) in [6, 6.07) is 9.47. The van der Waals surface area contributed by atoms with E-state index in [2.05, 4.69) is 20.8 Å². The fourth-order valence-corrected chi connectivity index (χ4v) is 8.13. The summed E-state index contributed by atoms with van der Waals surface area (Å²) in [4.78, 5) is 26.5. The first-order chi connectivity index (χ1) is 18.3. The monoisotopic (exact) mass is 538 g/mol. The summed E-state index contributed by atoms with van der Waals surface area (Å²) in [5.74, 6) is -2.54. The van der Waals surface area contributed by atoms with E-state index >= 15 is 0 Å². The van der Waals surface area contributed by atoms with E-state index in [0.717, 1.165) is 5.56 Å². The van der Waals surface area contributed by atoms with Crippen molar-refractivity contribution in [2.24, 2.45) is 35.0 Å². The Balaban J connectivity index is 1.56. The van der Waals surface area contributed by atoms with Crippen LogP contribution in [0.5, 0.6) is 0 Å². The van der Waals surface area contributed by atoms with E-state index in [9.17, 15) is 24.9 Å². The normalized spacial score (nSPS) is 40.7. The van der Waals surface area contributed by atoms with E-state index in [1.807, 2.05) is 43.3 Å². The predicted octanol–water partition coefficient (Wildman–Crippen LogP) is 3.41. The number of benzene rings is 1. The van der Waals surface area contributed by atoms with Crippen LogP contribution in [0.1, 0.15) is 53.0 Å². The molecule has 0 spiro atoms. The minimum Gasteiger partial charge on any atom is -0.458 e. The fourth-order valence-electron chi connectivity index (χ4n) is 8.13. The third kappa shape index (κ3) is 4.16. The summed E-state index contributed by atoms with van der Waals surface area (Å²) in [6.45, 7) is 10.3. The van der Waals surface area contributed by atoms with Gasteiger partial charge in [0.05, 0.1) is 25.2 Å². The van der Waals surface area contributed by atoms with Crippen molar-refractivity contribution in [2.45, 2.75) is 70.7 Å². The summed E-state index contributed by atoms with van der Waals surface area (Å²) in [5.41, 5.74) is -2.98. The standard InChI is InChI=1S/C32H42O7/c1-19(2)17-38-18-29(5)27-24-12-23(16-33)15-30(36)25(11-20(3)28(30)35)32(24,37)21(4)14-31(27,29)39-26(34)13-22-9-7-6-8-10-22/h6-12,19,21,24-25,27,33,36-37H,13-18H2,1-5H3/t21-,24+,25-,27-,29-,30-,31+,32-/m1/s1. The van der Waals surface area contributed by atoms with Gasteiger partial charge in [0.15, 0.2) is 5.78 Å². The van der Waals surface area contributed by atoms with Crippen LogP contribution in [0.4, 0.5) is 0 Å². The van der Waals surface area contributed by atoms with Crippen molar-refractivity contribution in [3.8, 4) is 0 Å². The lowest BCUT2D eigenvalue weighted by Crippen LogP contribution is -2.61. The number of carbonyl (C=O) groups excluding carboxylic acids is 2. The van der Waals surface area contributed by atoms with Gasteiger partial charge in [0.25, 0.3) is 0 Å². The Hall–Kier alpha value is -2.32. The number of esters is 1. The third-order valence-electron chi connectivity index (χ3n) is 10.0. The largest absolute Gasteiger partial charge is 0.458 e. The topological polar surface area (TPSA) is 113 Å². The minimum absolute atomic E-state index is 0.0412. The molecule has 8 atom stereocenters. The van der Waals surface area contributed by atoms with Gasteiger partial charge in [0.2, 0.25) is 0 Å². The van der Waals surface area contributed by atoms with Crippen LogP contribution in [0, 0.1) is 35.0 Å². The van der Waals surface area contributed by atoms with E-state index in [1.54, 1.807) is 13.0 Å². The molecule has 0 saturated heterocycles. The van der Waals surface area contributed by atoms with Gasteiger partial charge in [0, 0.05) is 36.2 Å². The van der Waals surface area contributed by atoms with Gasteiger partial charge in [0.1, 0.15) is 11.2 Å². The van der Waals surface area contributed by atoms with Crippen molar-refractivity contribution in [2.75, 3.05) is 19.8 Å². The zero-order valence-electron chi connectivity index (χ0n) is 23.6. The van der Waals surface area contributed by atoms with E-state index in [0.29, 0.717) is 36.7 Å². The number of hydrogen-bond donors (Lipinski definition) is 3. The second kappa shape index (κ2) is 9.65. The second-order valence-corrected chi connectivity index (χ2v) is 13.1. The van der Waals surface area contributed by atoms with Gasteiger partial charge >= 0.3 is 5.97 Å². The molecule has 7 nitrogen and oxygen atoms in total. The molecule has 1 aromatic carbocycles. The van der Waals surface area contributed by atoms with Crippen LogP contribution in [0.2, 0.25) is 0 Å². The Morgan fingerprint density at radius 1 is 1.15 bits per heavy atom. The lowest BCUT2D eigenvalue weighted by atomic mass is 9.60. The van der Waals surface area contributed by atoms with Crippen molar-refractivity contribution in [3.63, 3.8) is 0 Å². The first-order valence-electron chi connectivity index (χ1n) is 14.2. The smallest absolute Gasteiger partial charge is 0.310 e. The van der Waals surface area contributed by atoms with Gasteiger partial charge in [-0.15, -0.1) is 0 Å². The highest BCUT2D eigenvalue weighted by molar-refractivity contribution is 6.04. The van der Waals surface area contributed by atoms with Gasteiger partial charge in [-0.3, -0.25) is 9.59 Å². The zero-order valence-corrected chi connectivity index (χ0v) is 23.6. The quantitative estimate of drug-likeness (QED) is 0.343. The highest BCUT2D eigenvalue weighted by Crippen LogP contribution is 2.76. The molecule has 0 unspecified atom stereocenters. The first-order valence-corrected chi connectivity index (χ1v) is 14.2. The van der Waals surface area contributed by atoms with Crippen molar-refractivity contribution >= 4 is 11.8 Å². The van der Waals surface area contributed by atoms with Gasteiger partial charge in [-0.2, -0.15) is 0 Å². The van der Waals surface area contributed by atoms with E-state index < -0.39 is 45.8 Å². The van der Waals surface area contributed by atoms with Crippen LogP contribution in [-0.2, 0) is 25.5 Å². The van der Waals surface area contributed by atoms with Gasteiger partial charge < -0.3 is 24.8 Å². The number of aliphatic hydroxyl groups excluding tert-OH is 1. The molecular formula is C32H42O7. The number of carbonyl (C=O) groups is 2. The minimum atomic E-state index is -1.82. The average molecular weight is 539 g/mol. The second-order valence-electron chi connectivity index (χ2n) is 13.1. The average Bonchev–Trinajstić information content (AvgIpc) is 3.31. The number of ketones is 1. The van der Waals surface area contributed by atoms with Crippen molar-refractivity contribution < 1.29 is 34.4 Å². The summed E-state index contributed by atoms with van der Waals surface area (Å²) in [7, 11) is 0. The Morgan fingerprint density at radius 2 is 1.85 bits per heavy atom. The Morgan fingerprint density at radius 3 is 2.49 bits per heavy atom. The summed E-state index contributed by atoms with van der Waals surface area (Å²) in [6.07, 6.45) is 4.03. The molecular weight excluding hydrogens is 496 g/mol. The number of ether oxygens (including phenoxy) is 2. The molecule has 4 aliphatic rings. The first kappa shape index (κ1) is 28.2. The molecule has 39 heavy (non-hydrogen) atoms. The van der Waals surface area contributed by atoms with Gasteiger partial charge in [-0.25, -0.2) is 0 Å². The van der Waals surface area contributed by atoms with Gasteiger partial charge in [-0.1, -0.05) is 70.2 Å². The number of rotatable bonds is 8. The number of aliphatic hydroxyl groups is 3. The third-order valence-corrected chi connectivity index (χ3v) is 10.0. The maximum absolute atomic E-state index is 13.4. The highest BCUT2D eigenvalue weighted by atomic mass is 16.6. The van der Waals surface area contributed by atoms with E-state index in [-0.39, 0.29) is 31.3 Å². The van der Waals surface area contributed by atoms with Crippen molar-refractivity contribution in [1.29, 1.82) is 0 Å². The highest BCUT2D eigenvalue weighted by Gasteiger charge is 2.85. The molecule has 5 rings (SSSR count). The molecule has 0 heterocycles. The van der Waals surface area contributed by atoms with Crippen LogP contribution in [-0.4, -0.2) is 63.7 Å². The molecule has 212 valence electrons. The van der Waals surface area contributed by atoms with Crippen LogP contribution < -0.4 is 0 Å². The lowest BCUT2D eigenvalue weighted by molar-refractivity contribution is -0.187. The predicted molar refractivity (Wildman–Crippen MR) is 145 cm³/mol. The Kier molecular flexibility index (Phi) is 6.98. The number of hydrogen-bond acceptors (Lipinski definition) is 7. The van der Waals surface area contributed by atoms with Crippen molar-refractivity contribution in [3.05, 3.63) is 59.2 Å². The van der Waals surface area contributed by atoms with Crippen LogP contribution in [0.15, 0.2) is 53.6 Å². The molecule has 0 aromatic heterocycles. The molecule has 0 amide bonds. The molecule has 0 radical (unpaired) electrons. The number of Topliss-reactive ketones (excluding diaryl/α,β-unsaturated/α-hetero) is 1. The molecule has 1 aromatic rings. The maximum Gasteiger partial charge on any atom is 0.310 e. The molecule has 7 heteroatoms. The Labute approximate surface area is 230 Å². The fraction of sp³-hybridized carbons (Fsp3) is 0.625. The van der Waals surface area contributed by atoms with Crippen LogP contribution in [0.3, 0.4) is 0 Å². The van der Waals surface area contributed by atoms with Crippen LogP contribution in [0.25, 0.3) is 0 Å². The zero-order chi connectivity index (χ0) is 28.4. The van der Waals surface area contributed by atoms with E-state index in [1.165, 1.54) is 0 Å². The summed E-state index contributed by atoms with van der Waals surface area (Å²) in [5, 5.41) is 34.6. The number of fused-ring (bicyclic) bond motifs is 5. The van der Waals surface area contributed by atoms with Gasteiger partial charge in [-0.05, 0) is 41.9 Å². The Bertz CT molecular complexity index is 1200. The molecule has 4 aliphatic carbocycles. The van der Waals surface area contributed by atoms with E-state index in [4.69, 9.17) is 9.47 Å². The van der Waals surface area contributed by atoms with Crippen LogP contribution >= 0.6 is 0 Å². The molecule has 2 saturated carbocycles. The summed E-state index contributed by atoms with van der Waals surface area (Å²) < 4.78 is 12.6. The molecule has 3 N–H and O–H groups in total.